The van der Waals surface area contributed by atoms with Crippen molar-refractivity contribution in [3.8, 4) is 12.0 Å². The summed E-state index contributed by atoms with van der Waals surface area (Å²) < 4.78 is 25.8. The number of halogens is 8. The minimum Gasteiger partial charge on any atom is -0.318 e. The van der Waals surface area contributed by atoms with Crippen LogP contribution in [0.15, 0.2) is 194 Å². The highest BCUT2D eigenvalue weighted by Gasteiger charge is 2.35. The molecule has 5 aliphatic heterocycles. The van der Waals surface area contributed by atoms with E-state index in [1.54, 1.807) is 6.07 Å². The van der Waals surface area contributed by atoms with E-state index in [4.69, 9.17) is 81.2 Å². The van der Waals surface area contributed by atoms with Gasteiger partial charge in [0.2, 0.25) is 0 Å². The van der Waals surface area contributed by atoms with Crippen molar-refractivity contribution < 1.29 is 4.39 Å². The van der Waals surface area contributed by atoms with Crippen molar-refractivity contribution in [3.05, 3.63) is 347 Å². The number of fused-ring (bicyclic) bond motifs is 15. The Morgan fingerprint density at radius 2 is 0.692 bits per heavy atom. The van der Waals surface area contributed by atoms with Gasteiger partial charge in [0.1, 0.15) is 5.82 Å². The Labute approximate surface area is 820 Å². The second-order valence-electron chi connectivity index (χ2n) is 37.4. The normalized spacial score (nSPS) is 18.0. The monoisotopic (exact) mass is 1900 g/mol. The molecule has 0 radical (unpaired) electrons. The molecule has 5 atom stereocenters. The van der Waals surface area contributed by atoms with Crippen molar-refractivity contribution in [2.45, 2.75) is 166 Å². The zero-order chi connectivity index (χ0) is 94.6. The van der Waals surface area contributed by atoms with Crippen molar-refractivity contribution in [1.29, 1.82) is 0 Å². The van der Waals surface area contributed by atoms with Gasteiger partial charge in [0.05, 0.1) is 49.4 Å². The average Bonchev–Trinajstić information content (AvgIpc) is 1.62. The SMILES string of the molecule is C/C(=C/n1c2c(c3cc(C)ccc31)CCN(C)C2C)c1ccc(C)cc1Cl.C/C(=C\n1c2c(c3cc(C)ccc31)CCN(C)C2C)c1ccc(Cl)c(Cl)c1.C/C(=C\n1c2c(c3cc(Cl)ccc31)CCN(C)C2C)c1ccccc1F.CCC1c2c(c3cc(C)ccc3n2/C=C(\C)c2ccc(Cl)cc2Cl)CCN1C.Cc1ccc2c(c1)c1c(n2C#Cc2ccc(Cl)cc2)C(C)N(C)CC1. The van der Waals surface area contributed by atoms with Gasteiger partial charge in [-0.15, -0.1) is 0 Å². The van der Waals surface area contributed by atoms with Crippen LogP contribution in [-0.2, 0) is 32.1 Å². The van der Waals surface area contributed by atoms with Crippen LogP contribution in [0.1, 0.15) is 211 Å². The summed E-state index contributed by atoms with van der Waals surface area (Å²) in [6, 6.07) is 70.7. The lowest BCUT2D eigenvalue weighted by Gasteiger charge is -2.33. The number of rotatable bonds is 9. The smallest absolute Gasteiger partial charge is 0.130 e. The highest BCUT2D eigenvalue weighted by atomic mass is 35.5. The second-order valence-corrected chi connectivity index (χ2v) is 40.3. The molecule has 5 aliphatic rings. The fourth-order valence-electron chi connectivity index (χ4n) is 20.5. The van der Waals surface area contributed by atoms with E-state index < -0.39 is 0 Å². The lowest BCUT2D eigenvalue weighted by molar-refractivity contribution is 0.220. The lowest BCUT2D eigenvalue weighted by Crippen LogP contribution is -2.32. The number of aromatic nitrogens is 5. The maximum atomic E-state index is 14.2. The van der Waals surface area contributed by atoms with E-state index in [1.807, 2.05) is 91.9 Å². The average molecular weight is 1910 g/mol. The first-order chi connectivity index (χ1) is 63.6. The third-order valence-corrected chi connectivity index (χ3v) is 30.4. The first-order valence-electron chi connectivity index (χ1n) is 46.5. The van der Waals surface area contributed by atoms with E-state index in [-0.39, 0.29) is 11.9 Å². The van der Waals surface area contributed by atoms with E-state index in [0.29, 0.717) is 49.8 Å². The number of nitrogens with zero attached hydrogens (tertiary/aromatic N) is 10. The van der Waals surface area contributed by atoms with Crippen LogP contribution in [0.3, 0.4) is 0 Å². The predicted molar refractivity (Wildman–Crippen MR) is 571 cm³/mol. The van der Waals surface area contributed by atoms with Crippen LogP contribution in [0.5, 0.6) is 0 Å². The summed E-state index contributed by atoms with van der Waals surface area (Å²) in [6.07, 6.45) is 15.2. The highest BCUT2D eigenvalue weighted by Crippen LogP contribution is 2.46. The molecule has 0 spiro atoms. The molecule has 18 heteroatoms. The van der Waals surface area contributed by atoms with Gasteiger partial charge in [0.15, 0.2) is 0 Å². The molecule has 0 fully saturated rings. The third kappa shape index (κ3) is 19.7. The number of aryl methyl sites for hydroxylation is 5. The predicted octanol–water partition coefficient (Wildman–Crippen LogP) is 31.5. The Bertz CT molecular complexity index is 7190. The van der Waals surface area contributed by atoms with Crippen LogP contribution in [0.2, 0.25) is 35.2 Å². The Morgan fingerprint density at radius 3 is 1.15 bits per heavy atom. The maximum absolute atomic E-state index is 14.2. The van der Waals surface area contributed by atoms with E-state index in [1.165, 1.54) is 145 Å². The van der Waals surface area contributed by atoms with Gasteiger partial charge in [-0.3, -0.25) is 29.1 Å². The van der Waals surface area contributed by atoms with E-state index >= 15 is 0 Å². The molecule has 0 saturated heterocycles. The maximum Gasteiger partial charge on any atom is 0.130 e. The van der Waals surface area contributed by atoms with E-state index in [9.17, 15) is 4.39 Å². The Balaban J connectivity index is 0.000000121. The molecular weight excluding hydrogens is 1790 g/mol. The molecule has 10 aromatic carbocycles. The van der Waals surface area contributed by atoms with Crippen molar-refractivity contribution >= 4 is 183 Å². The second kappa shape index (κ2) is 40.6. The summed E-state index contributed by atoms with van der Waals surface area (Å²) >= 11 is 43.7. The summed E-state index contributed by atoms with van der Waals surface area (Å²) in [5.41, 5.74) is 35.9. The van der Waals surface area contributed by atoms with Gasteiger partial charge < -0.3 is 18.3 Å². The van der Waals surface area contributed by atoms with E-state index in [2.05, 4.69) is 306 Å². The molecule has 5 unspecified atom stereocenters. The number of benzene rings is 10. The molecule has 10 nitrogen and oxygen atoms in total. The van der Waals surface area contributed by atoms with Gasteiger partial charge in [-0.2, -0.15) is 0 Å². The van der Waals surface area contributed by atoms with Gasteiger partial charge >= 0.3 is 0 Å². The minimum atomic E-state index is -0.195. The van der Waals surface area contributed by atoms with Crippen LogP contribution < -0.4 is 0 Å². The third-order valence-electron chi connectivity index (χ3n) is 28.4. The molecule has 0 saturated carbocycles. The van der Waals surface area contributed by atoms with Gasteiger partial charge in [-0.1, -0.05) is 177 Å². The molecule has 0 bridgehead atoms. The van der Waals surface area contributed by atoms with Crippen molar-refractivity contribution in [2.75, 3.05) is 68.0 Å². The van der Waals surface area contributed by atoms with E-state index in [0.717, 1.165) is 131 Å². The Morgan fingerprint density at radius 1 is 0.338 bits per heavy atom. The highest BCUT2D eigenvalue weighted by molar-refractivity contribution is 6.42. The number of hydrogen-bond acceptors (Lipinski definition) is 5. The molecule has 10 heterocycles. The standard InChI is InChI=1S/C24H26Cl2N2.C24H27ClN2.C23H24Cl2N2.C22H22ClFN2.C22H21ClN2/c1-5-22-24-19(10-11-27(22)4)20-12-15(2)6-9-23(20)28(24)14-16(3)18-8-7-17(25)13-21(18)26;1-15-7-9-23-21(12-15)20-10-11-26(5)18(4)24(20)27(23)14-17(3)19-8-6-16(2)13-22(19)25;1-14-5-8-22-19(11-14)18-9-10-26(4)16(3)23(18)27(22)13-15(2)17-6-7-20(24)21(25)12-17;1-14(17-6-4-5-7-20(17)24)13-26-21-9-8-16(23)12-19(21)18-10-11-25(3)15(2)22(18)26;1-15-4-9-21-20(14-15)19-11-12-24(3)16(2)22(19)25(21)13-10-17-5-7-18(23)8-6-17/h6-9,12-14,22H,5,10-11H2,1-4H3;6-9,12-14,18H,10-11H2,1-5H3;5-8,11-13,16H,9-10H2,1-4H3;4-9,12-13,15H,10-11H2,1-3H3;4-9,14,16H,11-12H2,1-3H3/b16-14+;17-14-;15-13+;14-13+;. The largest absolute Gasteiger partial charge is 0.318 e. The fourth-order valence-corrected chi connectivity index (χ4v) is 22.0. The number of likely N-dealkylation sites (N-methyl/N-ethyl adjacent to an activating group) is 5. The molecule has 5 aromatic heterocycles. The molecule has 0 amide bonds. The van der Waals surface area contributed by atoms with Crippen LogP contribution in [-0.4, -0.2) is 115 Å². The van der Waals surface area contributed by atoms with Gasteiger partial charge in [-0.25, -0.2) is 4.39 Å². The quantitative estimate of drug-likeness (QED) is 0.135. The number of allylic oxidation sites excluding steroid dienone is 4. The van der Waals surface area contributed by atoms with Crippen molar-refractivity contribution in [1.82, 2.24) is 47.3 Å². The first-order valence-corrected chi connectivity index (χ1v) is 49.1. The zero-order valence-electron chi connectivity index (χ0n) is 79.9. The fraction of sp³-hybridized carbons (Fsp3) is 0.304. The Hall–Kier alpha value is -9.82. The summed E-state index contributed by atoms with van der Waals surface area (Å²) in [5, 5.41) is 11.5. The van der Waals surface area contributed by atoms with Crippen LogP contribution in [0.4, 0.5) is 4.39 Å². The first kappa shape index (κ1) is 96.3. The van der Waals surface area contributed by atoms with Crippen LogP contribution in [0.25, 0.3) is 102 Å². The summed E-state index contributed by atoms with van der Waals surface area (Å²) in [7, 11) is 11.0. The molecular formula is C115H120Cl7FN10. The summed E-state index contributed by atoms with van der Waals surface area (Å²) in [5.74, 6) is 3.11. The molecule has 15 aromatic rings. The van der Waals surface area contributed by atoms with Gasteiger partial charge in [0.25, 0.3) is 0 Å². The van der Waals surface area contributed by atoms with Crippen molar-refractivity contribution in [3.63, 3.8) is 0 Å². The minimum absolute atomic E-state index is 0.195. The van der Waals surface area contributed by atoms with Gasteiger partial charge in [0, 0.05) is 174 Å². The summed E-state index contributed by atoms with van der Waals surface area (Å²) in [6.45, 7) is 35.9. The van der Waals surface area contributed by atoms with Crippen LogP contribution >= 0.6 is 81.2 Å². The molecule has 20 rings (SSSR count). The lowest BCUT2D eigenvalue weighted by atomic mass is 9.96. The molecule has 133 heavy (non-hydrogen) atoms. The van der Waals surface area contributed by atoms with Crippen LogP contribution in [0, 0.1) is 52.4 Å². The van der Waals surface area contributed by atoms with Crippen molar-refractivity contribution in [2.24, 2.45) is 0 Å². The van der Waals surface area contributed by atoms with Gasteiger partial charge in [-0.05, 0) is 369 Å². The topological polar surface area (TPSA) is 40.9 Å². The zero-order valence-corrected chi connectivity index (χ0v) is 85.2. The Kier molecular flexibility index (Phi) is 29.4. The summed E-state index contributed by atoms with van der Waals surface area (Å²) in [4.78, 5) is 12.1. The molecule has 0 N–H and O–H groups in total. The molecule has 686 valence electrons. The molecule has 0 aliphatic carbocycles. The number of hydrogen-bond donors (Lipinski definition) is 0.